The van der Waals surface area contributed by atoms with E-state index in [-0.39, 0.29) is 23.7 Å². The molecule has 2 fully saturated rings. The van der Waals surface area contributed by atoms with Crippen LogP contribution in [0.1, 0.15) is 48.3 Å². The van der Waals surface area contributed by atoms with Crippen LogP contribution in [0, 0.1) is 11.8 Å². The van der Waals surface area contributed by atoms with Crippen molar-refractivity contribution >= 4 is 55.7 Å². The van der Waals surface area contributed by atoms with Crippen LogP contribution in [-0.4, -0.2) is 84.7 Å². The van der Waals surface area contributed by atoms with Gasteiger partial charge in [0.15, 0.2) is 0 Å². The van der Waals surface area contributed by atoms with Gasteiger partial charge in [0, 0.05) is 61.7 Å². The number of carbonyl (C=O) groups is 2. The number of hydrogen-bond acceptors (Lipinski definition) is 13. The summed E-state index contributed by atoms with van der Waals surface area (Å²) in [5.74, 6) is 2.57. The van der Waals surface area contributed by atoms with Crippen molar-refractivity contribution in [3.63, 3.8) is 0 Å². The maximum atomic E-state index is 12.2. The van der Waals surface area contributed by atoms with Crippen molar-refractivity contribution < 1.29 is 37.0 Å². The molecule has 2 aliphatic heterocycles. The molecule has 2 saturated heterocycles. The van der Waals surface area contributed by atoms with Crippen LogP contribution in [0.25, 0.3) is 10.8 Å². The molecule has 2 N–H and O–H groups in total. The van der Waals surface area contributed by atoms with Crippen molar-refractivity contribution in [1.29, 1.82) is 0 Å². The van der Waals surface area contributed by atoms with Gasteiger partial charge in [-0.2, -0.15) is 0 Å². The molecule has 7 rings (SSSR count). The largest absolute Gasteiger partial charge is 0.494 e. The summed E-state index contributed by atoms with van der Waals surface area (Å²) in [4.78, 5) is 41.9. The number of amides is 2. The van der Waals surface area contributed by atoms with E-state index >= 15 is 0 Å². The first-order chi connectivity index (χ1) is 27.2. The highest BCUT2D eigenvalue weighted by Gasteiger charge is 2.25. The zero-order valence-electron chi connectivity index (χ0n) is 30.9. The van der Waals surface area contributed by atoms with Gasteiger partial charge in [0.2, 0.25) is 10.0 Å². The summed E-state index contributed by atoms with van der Waals surface area (Å²) in [5.41, 5.74) is 3.46. The summed E-state index contributed by atoms with van der Waals surface area (Å²) >= 11 is 2.96. The average molecular weight is 823 g/mol. The molecule has 3 aromatic heterocycles. The molecule has 5 aromatic rings. The molecule has 0 atom stereocenters. The highest BCUT2D eigenvalue weighted by atomic mass is 32.2. The SMILES string of the molecule is NS(=O)(=O)c1ccc(OCCC2CCN(C(=O)OCc3cncs3)CC2)cc1.O=C(OCc1cncs1)N1CCC(CCOc2cccc3cnccc23)CC1. The number of likely N-dealkylation sites (tertiary alicyclic amines) is 2. The molecule has 56 heavy (non-hydrogen) atoms. The quantitative estimate of drug-likeness (QED) is 0.128. The van der Waals surface area contributed by atoms with Crippen LogP contribution >= 0.6 is 22.7 Å². The Morgan fingerprint density at radius 3 is 1.79 bits per heavy atom. The van der Waals surface area contributed by atoms with E-state index in [2.05, 4.69) is 15.0 Å². The van der Waals surface area contributed by atoms with Crippen LogP contribution in [-0.2, 0) is 32.7 Å². The topological polar surface area (TPSA) is 176 Å². The van der Waals surface area contributed by atoms with Gasteiger partial charge in [0.05, 0.1) is 38.9 Å². The van der Waals surface area contributed by atoms with Gasteiger partial charge in [-0.25, -0.2) is 23.1 Å². The Balaban J connectivity index is 0.000000190. The molecule has 2 aliphatic rings. The Bertz CT molecular complexity index is 2060. The highest BCUT2D eigenvalue weighted by molar-refractivity contribution is 7.89. The number of sulfonamides is 1. The Hall–Kier alpha value is -4.84. The Morgan fingerprint density at radius 1 is 0.714 bits per heavy atom. The van der Waals surface area contributed by atoms with Gasteiger partial charge in [-0.3, -0.25) is 15.0 Å². The number of hydrogen-bond donors (Lipinski definition) is 1. The number of ether oxygens (including phenoxy) is 4. The number of fused-ring (bicyclic) bond motifs is 1. The van der Waals surface area contributed by atoms with Crippen molar-refractivity contribution in [2.24, 2.45) is 17.0 Å². The van der Waals surface area contributed by atoms with Crippen molar-refractivity contribution in [3.8, 4) is 11.5 Å². The molecule has 0 spiro atoms. The van der Waals surface area contributed by atoms with E-state index in [1.54, 1.807) is 51.5 Å². The maximum Gasteiger partial charge on any atom is 0.410 e. The molecular formula is C39H46N6O8S3. The molecule has 0 aliphatic carbocycles. The van der Waals surface area contributed by atoms with E-state index in [1.807, 2.05) is 30.5 Å². The minimum atomic E-state index is -3.69. The average Bonchev–Trinajstić information content (AvgIpc) is 3.95. The molecule has 0 saturated carbocycles. The van der Waals surface area contributed by atoms with Gasteiger partial charge in [0.25, 0.3) is 0 Å². The molecular weight excluding hydrogens is 777 g/mol. The lowest BCUT2D eigenvalue weighted by Gasteiger charge is -2.31. The molecule has 0 unspecified atom stereocenters. The first-order valence-electron chi connectivity index (χ1n) is 18.5. The number of nitrogens with zero attached hydrogens (tertiary/aromatic N) is 5. The second-order valence-electron chi connectivity index (χ2n) is 13.5. The third-order valence-electron chi connectivity index (χ3n) is 9.76. The van der Waals surface area contributed by atoms with Gasteiger partial charge < -0.3 is 28.7 Å². The van der Waals surface area contributed by atoms with Crippen LogP contribution in [0.2, 0.25) is 0 Å². The number of pyridine rings is 1. The normalized spacial score (nSPS) is 15.2. The monoisotopic (exact) mass is 822 g/mol. The van der Waals surface area contributed by atoms with Crippen molar-refractivity contribution in [1.82, 2.24) is 24.8 Å². The lowest BCUT2D eigenvalue weighted by Crippen LogP contribution is -2.39. The zero-order chi connectivity index (χ0) is 39.2. The second kappa shape index (κ2) is 20.4. The molecule has 17 heteroatoms. The molecule has 2 aromatic carbocycles. The summed E-state index contributed by atoms with van der Waals surface area (Å²) in [5, 5.41) is 7.25. The third-order valence-corrected chi connectivity index (χ3v) is 12.2. The van der Waals surface area contributed by atoms with E-state index in [1.165, 1.54) is 34.8 Å². The van der Waals surface area contributed by atoms with Crippen molar-refractivity contribution in [2.75, 3.05) is 39.4 Å². The Morgan fingerprint density at radius 2 is 1.27 bits per heavy atom. The molecule has 0 bridgehead atoms. The fraction of sp³-hybridized carbons (Fsp3) is 0.410. The van der Waals surface area contributed by atoms with E-state index in [0.717, 1.165) is 77.9 Å². The minimum Gasteiger partial charge on any atom is -0.494 e. The third kappa shape index (κ3) is 12.3. The van der Waals surface area contributed by atoms with Crippen molar-refractivity contribution in [3.05, 3.63) is 94.1 Å². The number of piperidine rings is 2. The summed E-state index contributed by atoms with van der Waals surface area (Å²) in [7, 11) is -3.69. The van der Waals surface area contributed by atoms with Crippen LogP contribution in [0.15, 0.2) is 89.2 Å². The highest BCUT2D eigenvalue weighted by Crippen LogP contribution is 2.27. The fourth-order valence-corrected chi connectivity index (χ4v) is 8.03. The van der Waals surface area contributed by atoms with Crippen LogP contribution in [0.5, 0.6) is 11.5 Å². The predicted molar refractivity (Wildman–Crippen MR) is 213 cm³/mol. The van der Waals surface area contributed by atoms with Crippen LogP contribution in [0.3, 0.4) is 0 Å². The smallest absolute Gasteiger partial charge is 0.410 e. The van der Waals surface area contributed by atoms with E-state index in [9.17, 15) is 18.0 Å². The van der Waals surface area contributed by atoms with Gasteiger partial charge in [-0.1, -0.05) is 12.1 Å². The van der Waals surface area contributed by atoms with Crippen LogP contribution < -0.4 is 14.6 Å². The second-order valence-corrected chi connectivity index (χ2v) is 17.1. The van der Waals surface area contributed by atoms with Gasteiger partial charge in [-0.15, -0.1) is 22.7 Å². The first kappa shape index (κ1) is 40.8. The summed E-state index contributed by atoms with van der Waals surface area (Å²) in [6, 6.07) is 14.1. The first-order valence-corrected chi connectivity index (χ1v) is 21.8. The number of benzene rings is 2. The number of thiazole rings is 2. The number of aromatic nitrogens is 3. The van der Waals surface area contributed by atoms with Gasteiger partial charge in [-0.05, 0) is 86.8 Å². The molecule has 2 amide bonds. The molecule has 14 nitrogen and oxygen atoms in total. The number of carbonyl (C=O) groups excluding carboxylic acids is 2. The summed E-state index contributed by atoms with van der Waals surface area (Å²) < 4.78 is 44.9. The number of rotatable bonds is 13. The van der Waals surface area contributed by atoms with Gasteiger partial charge in [0.1, 0.15) is 24.7 Å². The lowest BCUT2D eigenvalue weighted by atomic mass is 9.94. The lowest BCUT2D eigenvalue weighted by molar-refractivity contribution is 0.0800. The Labute approximate surface area is 334 Å². The number of nitrogens with two attached hydrogens (primary N) is 1. The maximum absolute atomic E-state index is 12.2. The van der Waals surface area contributed by atoms with Gasteiger partial charge >= 0.3 is 12.2 Å². The fourth-order valence-electron chi connectivity index (χ4n) is 6.51. The standard InChI is InChI=1S/C21H23N3O3S.C18H23N3O5S2/c25-21(27-14-18-13-23-15-28-18)24-9-5-16(6-10-24)7-11-26-20-3-1-2-17-12-22-8-4-19(17)20;19-28(23,24)17-3-1-15(2-4-17)25-10-7-14-5-8-21(9-6-14)18(22)26-12-16-11-20-13-27-16/h1-4,8,12-13,15-16H,5-7,9-11,14H2;1-4,11,13-14H,5-10,12H2,(H2,19,23,24). The summed E-state index contributed by atoms with van der Waals surface area (Å²) in [6.45, 7) is 4.62. The number of primary sulfonamides is 1. The predicted octanol–water partition coefficient (Wildman–Crippen LogP) is 7.12. The van der Waals surface area contributed by atoms with Crippen LogP contribution in [0.4, 0.5) is 9.59 Å². The van der Waals surface area contributed by atoms with E-state index in [0.29, 0.717) is 50.5 Å². The molecule has 0 radical (unpaired) electrons. The molecule has 298 valence electrons. The molecule has 5 heterocycles. The summed E-state index contributed by atoms with van der Waals surface area (Å²) in [6.07, 6.45) is 12.2. The van der Waals surface area contributed by atoms with E-state index < -0.39 is 10.0 Å². The van der Waals surface area contributed by atoms with Crippen molar-refractivity contribution in [2.45, 2.75) is 56.6 Å². The van der Waals surface area contributed by atoms with E-state index in [4.69, 9.17) is 24.1 Å². The zero-order valence-corrected chi connectivity index (χ0v) is 33.4. The Kier molecular flexibility index (Phi) is 14.8. The minimum absolute atomic E-state index is 0.0643.